The summed E-state index contributed by atoms with van der Waals surface area (Å²) in [4.78, 5) is 0. The van der Waals surface area contributed by atoms with Crippen LogP contribution in [0.2, 0.25) is 0 Å². The van der Waals surface area contributed by atoms with E-state index in [9.17, 15) is 0 Å². The van der Waals surface area contributed by atoms with Crippen molar-refractivity contribution in [1.29, 1.82) is 0 Å². The van der Waals surface area contributed by atoms with Gasteiger partial charge in [-0.25, -0.2) is 0 Å². The van der Waals surface area contributed by atoms with E-state index < -0.39 is 0 Å². The van der Waals surface area contributed by atoms with Crippen LogP contribution < -0.4 is 5.32 Å². The molecule has 1 saturated carbocycles. The number of hydrogen-bond acceptors (Lipinski definition) is 3. The highest BCUT2D eigenvalue weighted by molar-refractivity contribution is 5.16. The number of furan rings is 1. The lowest BCUT2D eigenvalue weighted by molar-refractivity contribution is -0.0143. The summed E-state index contributed by atoms with van der Waals surface area (Å²) in [6, 6.07) is 2.05. The Morgan fingerprint density at radius 2 is 2.15 bits per heavy atom. The molecule has 1 fully saturated rings. The van der Waals surface area contributed by atoms with Crippen molar-refractivity contribution in [2.75, 3.05) is 6.54 Å². The van der Waals surface area contributed by atoms with E-state index in [0.717, 1.165) is 37.1 Å². The summed E-state index contributed by atoms with van der Waals surface area (Å²) in [6.07, 6.45) is 6.99. The zero-order chi connectivity index (χ0) is 14.4. The maximum Gasteiger partial charge on any atom is 0.133 e. The van der Waals surface area contributed by atoms with E-state index in [1.807, 2.05) is 6.07 Å². The zero-order valence-corrected chi connectivity index (χ0v) is 13.2. The van der Waals surface area contributed by atoms with E-state index >= 15 is 0 Å². The number of ether oxygens (including phenoxy) is 1. The summed E-state index contributed by atoms with van der Waals surface area (Å²) < 4.78 is 11.6. The Morgan fingerprint density at radius 3 is 2.90 bits per heavy atom. The van der Waals surface area contributed by atoms with Gasteiger partial charge in [0.05, 0.1) is 12.4 Å². The first-order valence-electron chi connectivity index (χ1n) is 8.08. The molecule has 1 heterocycles. The molecule has 0 radical (unpaired) electrons. The van der Waals surface area contributed by atoms with E-state index in [1.165, 1.54) is 24.8 Å². The smallest absolute Gasteiger partial charge is 0.133 e. The van der Waals surface area contributed by atoms with E-state index in [0.29, 0.717) is 12.7 Å². The fourth-order valence-corrected chi connectivity index (χ4v) is 2.89. The molecule has 1 aromatic heterocycles. The molecule has 0 bridgehead atoms. The topological polar surface area (TPSA) is 34.4 Å². The molecule has 0 spiro atoms. The molecule has 2 rings (SSSR count). The maximum absolute atomic E-state index is 6.07. The third-order valence-corrected chi connectivity index (χ3v) is 4.58. The molecule has 1 N–H and O–H groups in total. The average Bonchev–Trinajstić information content (AvgIpc) is 2.88. The Bertz CT molecular complexity index is 388. The summed E-state index contributed by atoms with van der Waals surface area (Å²) in [5.41, 5.74) is 1.23. The standard InChI is InChI=1S/C17H29NO2/c1-4-8-18-11-15-7-9-19-17(15)12-20-16-6-5-13(2)14(3)10-16/h7,9,13-14,16,18H,4-6,8,10-12H2,1-3H3. The van der Waals surface area contributed by atoms with Gasteiger partial charge in [0.2, 0.25) is 0 Å². The summed E-state index contributed by atoms with van der Waals surface area (Å²) in [5.74, 6) is 2.60. The predicted molar refractivity (Wildman–Crippen MR) is 81.5 cm³/mol. The lowest BCUT2D eigenvalue weighted by Crippen LogP contribution is -2.26. The van der Waals surface area contributed by atoms with Crippen LogP contribution in [0.1, 0.15) is 57.8 Å². The van der Waals surface area contributed by atoms with Crippen LogP contribution in [0.5, 0.6) is 0 Å². The van der Waals surface area contributed by atoms with E-state index in [-0.39, 0.29) is 0 Å². The minimum absolute atomic E-state index is 0.405. The normalized spacial score (nSPS) is 26.9. The van der Waals surface area contributed by atoms with Gasteiger partial charge in [-0.3, -0.25) is 0 Å². The van der Waals surface area contributed by atoms with Crippen LogP contribution >= 0.6 is 0 Å². The van der Waals surface area contributed by atoms with Gasteiger partial charge in [-0.2, -0.15) is 0 Å². The molecule has 3 unspecified atom stereocenters. The second-order valence-corrected chi connectivity index (χ2v) is 6.25. The second-order valence-electron chi connectivity index (χ2n) is 6.25. The summed E-state index contributed by atoms with van der Waals surface area (Å²) >= 11 is 0. The van der Waals surface area contributed by atoms with Gasteiger partial charge in [-0.1, -0.05) is 20.8 Å². The molecule has 114 valence electrons. The van der Waals surface area contributed by atoms with Crippen molar-refractivity contribution in [3.05, 3.63) is 23.7 Å². The molecule has 1 aliphatic rings. The van der Waals surface area contributed by atoms with Gasteiger partial charge in [0, 0.05) is 12.1 Å². The number of hydrogen-bond donors (Lipinski definition) is 1. The lowest BCUT2D eigenvalue weighted by atomic mass is 9.80. The minimum Gasteiger partial charge on any atom is -0.467 e. The van der Waals surface area contributed by atoms with Crippen LogP contribution in [0, 0.1) is 11.8 Å². The van der Waals surface area contributed by atoms with Gasteiger partial charge >= 0.3 is 0 Å². The highest BCUT2D eigenvalue weighted by atomic mass is 16.5. The molecule has 1 aliphatic carbocycles. The van der Waals surface area contributed by atoms with Gasteiger partial charge in [0.25, 0.3) is 0 Å². The Labute approximate surface area is 123 Å². The van der Waals surface area contributed by atoms with Crippen LogP contribution in [0.4, 0.5) is 0 Å². The zero-order valence-electron chi connectivity index (χ0n) is 13.2. The Morgan fingerprint density at radius 1 is 1.30 bits per heavy atom. The van der Waals surface area contributed by atoms with Gasteiger partial charge in [0.1, 0.15) is 12.4 Å². The quantitative estimate of drug-likeness (QED) is 0.762. The SMILES string of the molecule is CCCNCc1ccoc1COC1CCC(C)C(C)C1. The molecule has 0 aromatic carbocycles. The number of nitrogens with one attached hydrogen (secondary N) is 1. The van der Waals surface area contributed by atoms with Crippen molar-refractivity contribution >= 4 is 0 Å². The first kappa shape index (κ1) is 15.6. The minimum atomic E-state index is 0.405. The first-order chi connectivity index (χ1) is 9.70. The Hall–Kier alpha value is -0.800. The largest absolute Gasteiger partial charge is 0.467 e. The fourth-order valence-electron chi connectivity index (χ4n) is 2.89. The summed E-state index contributed by atoms with van der Waals surface area (Å²) in [7, 11) is 0. The van der Waals surface area contributed by atoms with Crippen LogP contribution in [0.3, 0.4) is 0 Å². The van der Waals surface area contributed by atoms with Crippen molar-refractivity contribution in [2.24, 2.45) is 11.8 Å². The predicted octanol–water partition coefficient (Wildman–Crippen LogP) is 4.12. The van der Waals surface area contributed by atoms with Gasteiger partial charge in [0.15, 0.2) is 0 Å². The second kappa shape index (κ2) is 7.84. The average molecular weight is 279 g/mol. The lowest BCUT2D eigenvalue weighted by Gasteiger charge is -2.31. The third-order valence-electron chi connectivity index (χ3n) is 4.58. The molecule has 3 nitrogen and oxygen atoms in total. The van der Waals surface area contributed by atoms with Crippen LogP contribution in [0.25, 0.3) is 0 Å². The molecule has 20 heavy (non-hydrogen) atoms. The van der Waals surface area contributed by atoms with Crippen molar-refractivity contribution in [2.45, 2.75) is 65.7 Å². The van der Waals surface area contributed by atoms with Crippen LogP contribution in [-0.4, -0.2) is 12.6 Å². The fraction of sp³-hybridized carbons (Fsp3) is 0.765. The molecular formula is C17H29NO2. The van der Waals surface area contributed by atoms with Gasteiger partial charge < -0.3 is 14.5 Å². The van der Waals surface area contributed by atoms with E-state index in [2.05, 4.69) is 26.1 Å². The van der Waals surface area contributed by atoms with Crippen LogP contribution in [-0.2, 0) is 17.9 Å². The van der Waals surface area contributed by atoms with Crippen molar-refractivity contribution in [3.63, 3.8) is 0 Å². The number of rotatable bonds is 7. The maximum atomic E-state index is 6.07. The molecule has 1 aromatic rings. The Balaban J connectivity index is 1.78. The van der Waals surface area contributed by atoms with E-state index in [4.69, 9.17) is 9.15 Å². The van der Waals surface area contributed by atoms with Gasteiger partial charge in [-0.15, -0.1) is 0 Å². The molecule has 3 atom stereocenters. The third kappa shape index (κ3) is 4.35. The van der Waals surface area contributed by atoms with Crippen LogP contribution in [0.15, 0.2) is 16.7 Å². The van der Waals surface area contributed by atoms with Crippen molar-refractivity contribution < 1.29 is 9.15 Å². The van der Waals surface area contributed by atoms with Gasteiger partial charge in [-0.05, 0) is 50.1 Å². The van der Waals surface area contributed by atoms with Crippen molar-refractivity contribution in [3.8, 4) is 0 Å². The summed E-state index contributed by atoms with van der Waals surface area (Å²) in [6.45, 7) is 9.41. The Kier molecular flexibility index (Phi) is 6.11. The highest BCUT2D eigenvalue weighted by Crippen LogP contribution is 2.31. The molecular weight excluding hydrogens is 250 g/mol. The molecule has 3 heteroatoms. The van der Waals surface area contributed by atoms with Crippen molar-refractivity contribution in [1.82, 2.24) is 5.32 Å². The highest BCUT2D eigenvalue weighted by Gasteiger charge is 2.25. The molecule has 0 saturated heterocycles. The monoisotopic (exact) mass is 279 g/mol. The first-order valence-corrected chi connectivity index (χ1v) is 8.08. The van der Waals surface area contributed by atoms with E-state index in [1.54, 1.807) is 6.26 Å². The summed E-state index contributed by atoms with van der Waals surface area (Å²) in [5, 5.41) is 3.41. The molecule has 0 aliphatic heterocycles. The molecule has 0 amide bonds.